The lowest BCUT2D eigenvalue weighted by atomic mass is 9.99. The summed E-state index contributed by atoms with van der Waals surface area (Å²) in [5.74, 6) is -0.795. The molecule has 0 radical (unpaired) electrons. The van der Waals surface area contributed by atoms with Crippen molar-refractivity contribution in [2.45, 2.75) is 13.0 Å². The molecular formula is C16H14ClFN2O. The van der Waals surface area contributed by atoms with Crippen molar-refractivity contribution in [2.24, 2.45) is 0 Å². The van der Waals surface area contributed by atoms with E-state index in [1.54, 1.807) is 0 Å². The van der Waals surface area contributed by atoms with E-state index in [1.807, 2.05) is 12.1 Å². The van der Waals surface area contributed by atoms with Crippen molar-refractivity contribution in [3.8, 4) is 0 Å². The zero-order valence-electron chi connectivity index (χ0n) is 11.2. The van der Waals surface area contributed by atoms with Gasteiger partial charge in [-0.1, -0.05) is 23.7 Å². The monoisotopic (exact) mass is 304 g/mol. The lowest BCUT2D eigenvalue weighted by molar-refractivity contribution is 0.102. The third-order valence-electron chi connectivity index (χ3n) is 3.57. The van der Waals surface area contributed by atoms with E-state index in [1.165, 1.54) is 17.7 Å². The Hall–Kier alpha value is -1.91. The van der Waals surface area contributed by atoms with Gasteiger partial charge in [0.1, 0.15) is 5.82 Å². The molecule has 0 saturated carbocycles. The van der Waals surface area contributed by atoms with E-state index in [-0.39, 0.29) is 16.5 Å². The molecule has 3 nitrogen and oxygen atoms in total. The quantitative estimate of drug-likeness (QED) is 0.893. The largest absolute Gasteiger partial charge is 0.322 e. The molecule has 2 aromatic carbocycles. The number of amides is 1. The molecule has 108 valence electrons. The van der Waals surface area contributed by atoms with Crippen LogP contribution in [0.15, 0.2) is 36.4 Å². The van der Waals surface area contributed by atoms with Crippen LogP contribution in [-0.2, 0) is 13.0 Å². The molecule has 0 fully saturated rings. The minimum Gasteiger partial charge on any atom is -0.322 e. The fourth-order valence-corrected chi connectivity index (χ4v) is 2.75. The molecule has 0 aliphatic carbocycles. The van der Waals surface area contributed by atoms with Crippen molar-refractivity contribution in [2.75, 3.05) is 11.9 Å². The van der Waals surface area contributed by atoms with Gasteiger partial charge in [0.05, 0.1) is 10.6 Å². The lowest BCUT2D eigenvalue weighted by Gasteiger charge is -2.20. The van der Waals surface area contributed by atoms with Crippen LogP contribution in [0.25, 0.3) is 0 Å². The summed E-state index contributed by atoms with van der Waals surface area (Å²) in [6, 6.07) is 9.60. The zero-order chi connectivity index (χ0) is 14.8. The molecule has 2 N–H and O–H groups in total. The normalized spacial score (nSPS) is 13.6. The lowest BCUT2D eigenvalue weighted by Crippen LogP contribution is -2.25. The average Bonchev–Trinajstić information content (AvgIpc) is 2.47. The summed E-state index contributed by atoms with van der Waals surface area (Å²) in [6.45, 7) is 1.66. The van der Waals surface area contributed by atoms with Crippen LogP contribution in [0.3, 0.4) is 0 Å². The molecule has 5 heteroatoms. The van der Waals surface area contributed by atoms with E-state index in [0.29, 0.717) is 0 Å². The van der Waals surface area contributed by atoms with Gasteiger partial charge in [-0.3, -0.25) is 4.79 Å². The number of benzene rings is 2. The molecule has 0 bridgehead atoms. The smallest absolute Gasteiger partial charge is 0.257 e. The van der Waals surface area contributed by atoms with E-state index in [2.05, 4.69) is 16.7 Å². The summed E-state index contributed by atoms with van der Waals surface area (Å²) in [6.07, 6.45) is 0.941. The highest BCUT2D eigenvalue weighted by Crippen LogP contribution is 2.25. The Morgan fingerprint density at radius 3 is 2.95 bits per heavy atom. The average molecular weight is 305 g/mol. The van der Waals surface area contributed by atoms with Crippen LogP contribution in [0.4, 0.5) is 10.1 Å². The molecule has 0 unspecified atom stereocenters. The topological polar surface area (TPSA) is 41.1 Å². The van der Waals surface area contributed by atoms with Gasteiger partial charge in [0, 0.05) is 12.2 Å². The van der Waals surface area contributed by atoms with Crippen molar-refractivity contribution in [3.63, 3.8) is 0 Å². The van der Waals surface area contributed by atoms with E-state index >= 15 is 0 Å². The molecule has 0 spiro atoms. The number of rotatable bonds is 2. The summed E-state index contributed by atoms with van der Waals surface area (Å²) in [5.41, 5.74) is 3.36. The molecule has 1 amide bonds. The third-order valence-corrected chi connectivity index (χ3v) is 3.88. The molecule has 2 aromatic rings. The second kappa shape index (κ2) is 5.84. The van der Waals surface area contributed by atoms with Crippen molar-refractivity contribution in [1.29, 1.82) is 0 Å². The number of nitrogens with one attached hydrogen (secondary N) is 2. The van der Waals surface area contributed by atoms with Gasteiger partial charge in [0.25, 0.3) is 5.91 Å². The standard InChI is InChI=1S/C16H14ClFN2O/c17-14-8-11(18)4-5-12(14)16(21)20-15-3-1-2-10-6-7-19-9-13(10)15/h1-5,8,19H,6-7,9H2,(H,20,21). The maximum atomic E-state index is 13.0. The summed E-state index contributed by atoms with van der Waals surface area (Å²) in [7, 11) is 0. The Balaban J connectivity index is 1.88. The molecule has 3 rings (SSSR count). The van der Waals surface area contributed by atoms with Crippen LogP contribution in [0.2, 0.25) is 5.02 Å². The van der Waals surface area contributed by atoms with E-state index in [9.17, 15) is 9.18 Å². The summed E-state index contributed by atoms with van der Waals surface area (Å²) >= 11 is 5.92. The first-order valence-electron chi connectivity index (χ1n) is 6.73. The molecule has 21 heavy (non-hydrogen) atoms. The minimum atomic E-state index is -0.460. The van der Waals surface area contributed by atoms with Gasteiger partial charge in [0.2, 0.25) is 0 Å². The Kier molecular flexibility index (Phi) is 3.90. The van der Waals surface area contributed by atoms with Crippen LogP contribution in [0, 0.1) is 5.82 Å². The first-order valence-corrected chi connectivity index (χ1v) is 7.11. The number of carbonyl (C=O) groups is 1. The highest BCUT2D eigenvalue weighted by molar-refractivity contribution is 6.34. The predicted octanol–water partition coefficient (Wildman–Crippen LogP) is 3.38. The Labute approximate surface area is 127 Å². The van der Waals surface area contributed by atoms with Crippen LogP contribution in [-0.4, -0.2) is 12.5 Å². The number of halogens is 2. The minimum absolute atomic E-state index is 0.107. The second-order valence-corrected chi connectivity index (χ2v) is 5.36. The Morgan fingerprint density at radius 2 is 2.14 bits per heavy atom. The molecule has 1 heterocycles. The maximum Gasteiger partial charge on any atom is 0.257 e. The van der Waals surface area contributed by atoms with Gasteiger partial charge in [-0.05, 0) is 48.4 Å². The van der Waals surface area contributed by atoms with Gasteiger partial charge >= 0.3 is 0 Å². The fraction of sp³-hybridized carbons (Fsp3) is 0.188. The Bertz CT molecular complexity index is 703. The third kappa shape index (κ3) is 2.91. The van der Waals surface area contributed by atoms with Crippen molar-refractivity contribution < 1.29 is 9.18 Å². The summed E-state index contributed by atoms with van der Waals surface area (Å²) in [4.78, 5) is 12.3. The highest BCUT2D eigenvalue weighted by Gasteiger charge is 2.16. The second-order valence-electron chi connectivity index (χ2n) is 4.95. The SMILES string of the molecule is O=C(Nc1cccc2c1CNCC2)c1ccc(F)cc1Cl. The van der Waals surface area contributed by atoms with Crippen molar-refractivity contribution in [3.05, 3.63) is 63.9 Å². The van der Waals surface area contributed by atoms with Crippen LogP contribution >= 0.6 is 11.6 Å². The molecule has 0 saturated heterocycles. The number of hydrogen-bond donors (Lipinski definition) is 2. The van der Waals surface area contributed by atoms with Gasteiger partial charge in [-0.2, -0.15) is 0 Å². The van der Waals surface area contributed by atoms with E-state index in [0.717, 1.165) is 36.8 Å². The van der Waals surface area contributed by atoms with Gasteiger partial charge in [-0.15, -0.1) is 0 Å². The maximum absolute atomic E-state index is 13.0. The van der Waals surface area contributed by atoms with Gasteiger partial charge < -0.3 is 10.6 Å². The van der Waals surface area contributed by atoms with Crippen molar-refractivity contribution >= 4 is 23.2 Å². The van der Waals surface area contributed by atoms with E-state index < -0.39 is 5.82 Å². The van der Waals surface area contributed by atoms with Crippen LogP contribution in [0.5, 0.6) is 0 Å². The van der Waals surface area contributed by atoms with Gasteiger partial charge in [-0.25, -0.2) is 4.39 Å². The number of fused-ring (bicyclic) bond motifs is 1. The number of anilines is 1. The van der Waals surface area contributed by atoms with Crippen molar-refractivity contribution in [1.82, 2.24) is 5.32 Å². The predicted molar refractivity (Wildman–Crippen MR) is 81.2 cm³/mol. The fourth-order valence-electron chi connectivity index (χ4n) is 2.49. The van der Waals surface area contributed by atoms with Gasteiger partial charge in [0.15, 0.2) is 0 Å². The first kappa shape index (κ1) is 14.0. The zero-order valence-corrected chi connectivity index (χ0v) is 12.0. The molecule has 1 aliphatic rings. The highest BCUT2D eigenvalue weighted by atomic mass is 35.5. The van der Waals surface area contributed by atoms with E-state index in [4.69, 9.17) is 11.6 Å². The molecular weight excluding hydrogens is 291 g/mol. The molecule has 0 aromatic heterocycles. The first-order chi connectivity index (χ1) is 10.1. The van der Waals surface area contributed by atoms with Crippen LogP contribution < -0.4 is 10.6 Å². The molecule has 0 atom stereocenters. The molecule has 1 aliphatic heterocycles. The van der Waals surface area contributed by atoms with Crippen LogP contribution in [0.1, 0.15) is 21.5 Å². The summed E-state index contributed by atoms with van der Waals surface area (Å²) in [5, 5.41) is 6.25. The summed E-state index contributed by atoms with van der Waals surface area (Å²) < 4.78 is 13.0. The Morgan fingerprint density at radius 1 is 1.29 bits per heavy atom. The number of carbonyl (C=O) groups excluding carboxylic acids is 1. The number of hydrogen-bond acceptors (Lipinski definition) is 2.